The lowest BCUT2D eigenvalue weighted by molar-refractivity contribution is 0.200. The molecular weight excluding hydrogens is 328 g/mol. The van der Waals surface area contributed by atoms with Crippen molar-refractivity contribution in [1.29, 1.82) is 0 Å². The van der Waals surface area contributed by atoms with Gasteiger partial charge < -0.3 is 4.90 Å². The van der Waals surface area contributed by atoms with Crippen LogP contribution in [0, 0.1) is 0 Å². The molecule has 0 aromatic carbocycles. The Morgan fingerprint density at radius 2 is 1.85 bits per heavy atom. The van der Waals surface area contributed by atoms with Gasteiger partial charge in [0, 0.05) is 31.7 Å². The fourth-order valence-corrected chi connectivity index (χ4v) is 3.78. The third-order valence-corrected chi connectivity index (χ3v) is 5.46. The predicted octanol–water partition coefficient (Wildman–Crippen LogP) is 1.50. The molecule has 26 heavy (non-hydrogen) atoms. The van der Waals surface area contributed by atoms with Gasteiger partial charge in [0.1, 0.15) is 5.82 Å². The highest BCUT2D eigenvalue weighted by molar-refractivity contribution is 5.47. The van der Waals surface area contributed by atoms with Gasteiger partial charge in [-0.25, -0.2) is 0 Å². The molecule has 0 unspecified atom stereocenters. The Morgan fingerprint density at radius 1 is 0.962 bits per heavy atom. The zero-order valence-corrected chi connectivity index (χ0v) is 14.7. The first-order chi connectivity index (χ1) is 12.9. The van der Waals surface area contributed by atoms with Gasteiger partial charge in [0.25, 0.3) is 0 Å². The van der Waals surface area contributed by atoms with E-state index in [2.05, 4.69) is 36.3 Å². The van der Waals surface area contributed by atoms with Crippen LogP contribution in [0.4, 0.5) is 5.82 Å². The minimum Gasteiger partial charge on any atom is -0.355 e. The van der Waals surface area contributed by atoms with Crippen molar-refractivity contribution in [2.75, 3.05) is 31.1 Å². The first-order valence-corrected chi connectivity index (χ1v) is 9.32. The van der Waals surface area contributed by atoms with Crippen molar-refractivity contribution in [1.82, 2.24) is 34.9 Å². The van der Waals surface area contributed by atoms with Crippen molar-refractivity contribution in [2.45, 2.75) is 31.7 Å². The maximum absolute atomic E-state index is 4.81. The van der Waals surface area contributed by atoms with Crippen LogP contribution in [0.25, 0.3) is 5.65 Å². The van der Waals surface area contributed by atoms with Crippen LogP contribution in [0.2, 0.25) is 0 Å². The molecule has 5 heterocycles. The molecule has 0 aliphatic carbocycles. The second-order valence-corrected chi connectivity index (χ2v) is 7.16. The molecule has 3 aromatic heterocycles. The molecular formula is C18H22N8. The summed E-state index contributed by atoms with van der Waals surface area (Å²) in [6, 6.07) is 6.12. The average Bonchev–Trinajstić information content (AvgIpc) is 3.05. The van der Waals surface area contributed by atoms with Crippen LogP contribution in [0.15, 0.2) is 30.6 Å². The van der Waals surface area contributed by atoms with E-state index in [0.29, 0.717) is 5.92 Å². The molecule has 134 valence electrons. The highest BCUT2D eigenvalue weighted by Crippen LogP contribution is 2.28. The Labute approximate surface area is 151 Å². The molecule has 2 aliphatic rings. The minimum atomic E-state index is 0.413. The first kappa shape index (κ1) is 15.6. The summed E-state index contributed by atoms with van der Waals surface area (Å²) in [6.07, 6.45) is 7.01. The summed E-state index contributed by atoms with van der Waals surface area (Å²) in [6.45, 7) is 5.22. The number of fused-ring (bicyclic) bond motifs is 1. The summed E-state index contributed by atoms with van der Waals surface area (Å²) < 4.78 is 1.96. The van der Waals surface area contributed by atoms with E-state index < -0.39 is 0 Å². The van der Waals surface area contributed by atoms with Crippen LogP contribution >= 0.6 is 0 Å². The lowest BCUT2D eigenvalue weighted by Crippen LogP contribution is -2.38. The Hall–Kier alpha value is -2.61. The number of rotatable bonds is 4. The molecule has 0 amide bonds. The lowest BCUT2D eigenvalue weighted by atomic mass is 9.96. The van der Waals surface area contributed by atoms with Crippen molar-refractivity contribution < 1.29 is 0 Å². The smallest absolute Gasteiger partial charge is 0.178 e. The van der Waals surface area contributed by atoms with E-state index in [-0.39, 0.29) is 0 Å². The van der Waals surface area contributed by atoms with Gasteiger partial charge >= 0.3 is 0 Å². The van der Waals surface area contributed by atoms with E-state index in [1.165, 1.54) is 12.0 Å². The van der Waals surface area contributed by atoms with Gasteiger partial charge in [-0.05, 0) is 56.1 Å². The zero-order valence-electron chi connectivity index (χ0n) is 14.7. The topological polar surface area (TPSA) is 75.3 Å². The minimum absolute atomic E-state index is 0.413. The largest absolute Gasteiger partial charge is 0.355 e. The molecule has 2 aliphatic heterocycles. The van der Waals surface area contributed by atoms with Crippen molar-refractivity contribution in [3.05, 3.63) is 42.0 Å². The summed E-state index contributed by atoms with van der Waals surface area (Å²) in [4.78, 5) is 4.77. The predicted molar refractivity (Wildman–Crippen MR) is 96.9 cm³/mol. The molecule has 8 heteroatoms. The van der Waals surface area contributed by atoms with Crippen LogP contribution in [0.5, 0.6) is 0 Å². The maximum atomic E-state index is 4.81. The lowest BCUT2D eigenvalue weighted by Gasteiger charge is -2.32. The maximum Gasteiger partial charge on any atom is 0.178 e. The van der Waals surface area contributed by atoms with Gasteiger partial charge in [0.05, 0.1) is 6.20 Å². The van der Waals surface area contributed by atoms with Gasteiger partial charge in [0.15, 0.2) is 11.5 Å². The summed E-state index contributed by atoms with van der Waals surface area (Å²) in [5, 5.41) is 21.4. The molecule has 0 spiro atoms. The molecule has 0 N–H and O–H groups in total. The zero-order chi connectivity index (χ0) is 17.3. The van der Waals surface area contributed by atoms with Crippen LogP contribution in [-0.2, 0) is 6.54 Å². The number of piperidine rings is 1. The summed E-state index contributed by atoms with van der Waals surface area (Å²) in [5.74, 6) is 2.45. The Balaban J connectivity index is 1.30. The first-order valence-electron chi connectivity index (χ1n) is 9.32. The Morgan fingerprint density at radius 3 is 2.58 bits per heavy atom. The molecule has 5 rings (SSSR count). The second kappa shape index (κ2) is 6.60. The van der Waals surface area contributed by atoms with E-state index in [0.717, 1.165) is 62.9 Å². The second-order valence-electron chi connectivity index (χ2n) is 7.16. The van der Waals surface area contributed by atoms with Crippen LogP contribution in [0.3, 0.4) is 0 Å². The monoisotopic (exact) mass is 350 g/mol. The third kappa shape index (κ3) is 2.90. The molecule has 8 nitrogen and oxygen atoms in total. The molecule has 2 fully saturated rings. The van der Waals surface area contributed by atoms with Crippen molar-refractivity contribution in [2.24, 2.45) is 0 Å². The van der Waals surface area contributed by atoms with E-state index in [4.69, 9.17) is 5.10 Å². The van der Waals surface area contributed by atoms with E-state index >= 15 is 0 Å². The summed E-state index contributed by atoms with van der Waals surface area (Å²) >= 11 is 0. The summed E-state index contributed by atoms with van der Waals surface area (Å²) in [5.41, 5.74) is 2.06. The van der Waals surface area contributed by atoms with Crippen LogP contribution in [0.1, 0.15) is 36.6 Å². The number of hydrogen-bond acceptors (Lipinski definition) is 7. The van der Waals surface area contributed by atoms with Gasteiger partial charge in [-0.3, -0.25) is 4.90 Å². The average molecular weight is 350 g/mol. The van der Waals surface area contributed by atoms with Crippen molar-refractivity contribution in [3.8, 4) is 0 Å². The van der Waals surface area contributed by atoms with Gasteiger partial charge in [-0.2, -0.15) is 14.7 Å². The molecule has 0 radical (unpaired) electrons. The molecule has 0 saturated carbocycles. The van der Waals surface area contributed by atoms with E-state index in [9.17, 15) is 0 Å². The van der Waals surface area contributed by atoms with E-state index in [1.54, 1.807) is 6.20 Å². The molecule has 2 saturated heterocycles. The standard InChI is InChI=1S/C18H22N8/c1-8-25(9-1)17-3-2-16-21-22-18(26(16)23-17)15-5-10-24(11-6-15)13-14-4-7-19-20-12-14/h2-4,7,12,15H,1,5-6,8-11,13H2. The quantitative estimate of drug-likeness (QED) is 0.706. The molecule has 0 atom stereocenters. The Kier molecular flexibility index (Phi) is 3.97. The number of aromatic nitrogens is 6. The SMILES string of the molecule is c1cc(CN2CCC(c3nnc4ccc(N5CCC5)nn34)CC2)cnn1. The van der Waals surface area contributed by atoms with Gasteiger partial charge in [-0.15, -0.1) is 15.3 Å². The van der Waals surface area contributed by atoms with E-state index in [1.807, 2.05) is 22.8 Å². The van der Waals surface area contributed by atoms with Crippen molar-refractivity contribution in [3.63, 3.8) is 0 Å². The van der Waals surface area contributed by atoms with Gasteiger partial charge in [-0.1, -0.05) is 0 Å². The number of anilines is 1. The number of hydrogen-bond donors (Lipinski definition) is 0. The molecule has 0 bridgehead atoms. The fraction of sp³-hybridized carbons (Fsp3) is 0.500. The highest BCUT2D eigenvalue weighted by Gasteiger charge is 2.26. The number of nitrogens with zero attached hydrogens (tertiary/aromatic N) is 8. The number of likely N-dealkylation sites (tertiary alicyclic amines) is 1. The van der Waals surface area contributed by atoms with Crippen LogP contribution in [-0.4, -0.2) is 61.1 Å². The van der Waals surface area contributed by atoms with Crippen molar-refractivity contribution >= 4 is 11.5 Å². The third-order valence-electron chi connectivity index (χ3n) is 5.46. The highest BCUT2D eigenvalue weighted by atomic mass is 15.4. The van der Waals surface area contributed by atoms with Gasteiger partial charge in [0.2, 0.25) is 0 Å². The normalized spacial score (nSPS) is 19.0. The molecule has 3 aromatic rings. The fourth-order valence-electron chi connectivity index (χ4n) is 3.78. The summed E-state index contributed by atoms with van der Waals surface area (Å²) in [7, 11) is 0. The van der Waals surface area contributed by atoms with Crippen LogP contribution < -0.4 is 4.90 Å². The Bertz CT molecular complexity index is 881.